The van der Waals surface area contributed by atoms with Crippen molar-refractivity contribution in [2.24, 2.45) is 5.10 Å². The molecule has 0 radical (unpaired) electrons. The van der Waals surface area contributed by atoms with Crippen LogP contribution >= 0.6 is 15.9 Å². The summed E-state index contributed by atoms with van der Waals surface area (Å²) in [6, 6.07) is 13.1. The second-order valence-electron chi connectivity index (χ2n) is 7.28. The highest BCUT2D eigenvalue weighted by Gasteiger charge is 2.34. The van der Waals surface area contributed by atoms with Gasteiger partial charge in [0.05, 0.1) is 24.4 Å². The molecule has 0 bridgehead atoms. The molecule has 6 nitrogen and oxygen atoms in total. The summed E-state index contributed by atoms with van der Waals surface area (Å²) in [4.78, 5) is 28.5. The van der Waals surface area contributed by atoms with Crippen molar-refractivity contribution in [1.82, 2.24) is 9.99 Å². The van der Waals surface area contributed by atoms with Crippen molar-refractivity contribution in [1.29, 1.82) is 0 Å². The van der Waals surface area contributed by atoms with E-state index in [0.29, 0.717) is 24.1 Å². The number of fused-ring (bicyclic) bond motifs is 1. The third-order valence-corrected chi connectivity index (χ3v) is 5.99. The molecule has 1 atom stereocenters. The van der Waals surface area contributed by atoms with Crippen molar-refractivity contribution >= 4 is 38.5 Å². The predicted octanol–water partition coefficient (Wildman–Crippen LogP) is 4.70. The van der Waals surface area contributed by atoms with Gasteiger partial charge in [-0.1, -0.05) is 35.0 Å². The molecule has 1 amide bonds. The molecule has 2 aromatic carbocycles. The second-order valence-corrected chi connectivity index (χ2v) is 8.19. The molecule has 30 heavy (non-hydrogen) atoms. The molecule has 0 aliphatic carbocycles. The summed E-state index contributed by atoms with van der Waals surface area (Å²) >= 11 is 3.50. The standard InChI is InChI=1S/C23H22BrN3O3/c1-4-21(28)27-20(14-5-8-16(30-3)9-6-14)12-19(26-27)22-13(2)17-11-15(24)7-10-18(17)25-23(22)29/h5-11,20H,4,12H2,1-3H3,(H,25,29). The predicted molar refractivity (Wildman–Crippen MR) is 121 cm³/mol. The van der Waals surface area contributed by atoms with Crippen LogP contribution in [0, 0.1) is 6.92 Å². The maximum atomic E-state index is 12.9. The van der Waals surface area contributed by atoms with Gasteiger partial charge in [-0.2, -0.15) is 5.10 Å². The highest BCUT2D eigenvalue weighted by molar-refractivity contribution is 9.10. The Balaban J connectivity index is 1.81. The molecule has 0 spiro atoms. The summed E-state index contributed by atoms with van der Waals surface area (Å²) in [6.07, 6.45) is 0.810. The summed E-state index contributed by atoms with van der Waals surface area (Å²) in [5, 5.41) is 7.08. The molecule has 0 fully saturated rings. The van der Waals surface area contributed by atoms with E-state index in [1.54, 1.807) is 7.11 Å². The van der Waals surface area contributed by atoms with Gasteiger partial charge in [0.1, 0.15) is 5.75 Å². The van der Waals surface area contributed by atoms with Crippen LogP contribution in [-0.4, -0.2) is 28.7 Å². The van der Waals surface area contributed by atoms with E-state index in [9.17, 15) is 9.59 Å². The number of carbonyl (C=O) groups excluding carboxylic acids is 1. The van der Waals surface area contributed by atoms with E-state index in [0.717, 1.165) is 32.3 Å². The van der Waals surface area contributed by atoms with E-state index in [2.05, 4.69) is 26.0 Å². The van der Waals surface area contributed by atoms with Gasteiger partial charge in [-0.25, -0.2) is 5.01 Å². The number of rotatable bonds is 4. The number of amides is 1. The third-order valence-electron chi connectivity index (χ3n) is 5.49. The first-order valence-corrected chi connectivity index (χ1v) is 10.6. The zero-order valence-electron chi connectivity index (χ0n) is 17.0. The van der Waals surface area contributed by atoms with Crippen LogP contribution in [0.15, 0.2) is 56.8 Å². The molecule has 3 aromatic rings. The minimum absolute atomic E-state index is 0.0802. The van der Waals surface area contributed by atoms with E-state index >= 15 is 0 Å². The first-order valence-electron chi connectivity index (χ1n) is 9.79. The number of H-pyrrole nitrogens is 1. The zero-order valence-corrected chi connectivity index (χ0v) is 18.6. The van der Waals surface area contributed by atoms with E-state index in [4.69, 9.17) is 4.74 Å². The Kier molecular flexibility index (Phi) is 5.47. The van der Waals surface area contributed by atoms with Crippen LogP contribution in [0.1, 0.15) is 42.5 Å². The topological polar surface area (TPSA) is 74.8 Å². The van der Waals surface area contributed by atoms with Crippen LogP contribution < -0.4 is 10.3 Å². The van der Waals surface area contributed by atoms with E-state index in [1.165, 1.54) is 5.01 Å². The number of hydrazone groups is 1. The van der Waals surface area contributed by atoms with Crippen molar-refractivity contribution in [2.45, 2.75) is 32.7 Å². The summed E-state index contributed by atoms with van der Waals surface area (Å²) in [5.74, 6) is 0.669. The summed E-state index contributed by atoms with van der Waals surface area (Å²) in [6.45, 7) is 3.74. The molecule has 1 N–H and O–H groups in total. The molecule has 1 aliphatic heterocycles. The number of pyridine rings is 1. The number of halogens is 1. The number of benzene rings is 2. The summed E-state index contributed by atoms with van der Waals surface area (Å²) < 4.78 is 6.17. The fraction of sp³-hybridized carbons (Fsp3) is 0.261. The molecular weight excluding hydrogens is 446 g/mol. The Hall–Kier alpha value is -2.93. The molecular formula is C23H22BrN3O3. The van der Waals surface area contributed by atoms with Crippen molar-refractivity contribution in [3.8, 4) is 5.75 Å². The largest absolute Gasteiger partial charge is 0.497 e. The van der Waals surface area contributed by atoms with Gasteiger partial charge in [0.15, 0.2) is 0 Å². The fourth-order valence-electron chi connectivity index (χ4n) is 3.91. The second kappa shape index (κ2) is 8.07. The number of ether oxygens (including phenoxy) is 1. The molecule has 7 heteroatoms. The molecule has 1 aliphatic rings. The van der Waals surface area contributed by atoms with Crippen LogP contribution in [0.5, 0.6) is 5.75 Å². The number of methoxy groups -OCH3 is 1. The number of hydrogen-bond donors (Lipinski definition) is 1. The van der Waals surface area contributed by atoms with Crippen molar-refractivity contribution in [2.75, 3.05) is 7.11 Å². The van der Waals surface area contributed by atoms with Gasteiger partial charge < -0.3 is 9.72 Å². The van der Waals surface area contributed by atoms with Crippen molar-refractivity contribution < 1.29 is 9.53 Å². The molecule has 154 valence electrons. The first-order chi connectivity index (χ1) is 14.4. The molecule has 0 saturated carbocycles. The van der Waals surface area contributed by atoms with E-state index in [-0.39, 0.29) is 17.5 Å². The lowest BCUT2D eigenvalue weighted by Crippen LogP contribution is -2.26. The quantitative estimate of drug-likeness (QED) is 0.604. The smallest absolute Gasteiger partial charge is 0.257 e. The summed E-state index contributed by atoms with van der Waals surface area (Å²) in [5.41, 5.74) is 3.54. The number of aromatic nitrogens is 1. The minimum atomic E-state index is -0.254. The molecule has 2 heterocycles. The van der Waals surface area contributed by atoms with Crippen LogP contribution in [0.2, 0.25) is 0 Å². The molecule has 4 rings (SSSR count). The van der Waals surface area contributed by atoms with Crippen LogP contribution in [0.25, 0.3) is 10.9 Å². The molecule has 0 saturated heterocycles. The highest BCUT2D eigenvalue weighted by atomic mass is 79.9. The van der Waals surface area contributed by atoms with Crippen LogP contribution in [0.3, 0.4) is 0 Å². The Morgan fingerprint density at radius 2 is 2.00 bits per heavy atom. The monoisotopic (exact) mass is 467 g/mol. The lowest BCUT2D eigenvalue weighted by atomic mass is 9.95. The molecule has 1 unspecified atom stereocenters. The summed E-state index contributed by atoms with van der Waals surface area (Å²) in [7, 11) is 1.62. The lowest BCUT2D eigenvalue weighted by Gasteiger charge is -2.21. The Bertz CT molecular complexity index is 1210. The van der Waals surface area contributed by atoms with Crippen molar-refractivity contribution in [3.63, 3.8) is 0 Å². The van der Waals surface area contributed by atoms with E-state index < -0.39 is 0 Å². The normalized spacial score (nSPS) is 16.1. The number of carbonyl (C=O) groups is 1. The van der Waals surface area contributed by atoms with Crippen LogP contribution in [0.4, 0.5) is 0 Å². The number of aryl methyl sites for hydroxylation is 1. The van der Waals surface area contributed by atoms with E-state index in [1.807, 2.05) is 56.3 Å². The van der Waals surface area contributed by atoms with Crippen molar-refractivity contribution in [3.05, 3.63) is 74.0 Å². The maximum absolute atomic E-state index is 12.9. The SMILES string of the molecule is CCC(=O)N1N=C(c2c(C)c3cc(Br)ccc3[nH]c2=O)CC1c1ccc(OC)cc1. The third kappa shape index (κ3) is 3.54. The first kappa shape index (κ1) is 20.3. The fourth-order valence-corrected chi connectivity index (χ4v) is 4.27. The van der Waals surface area contributed by atoms with Gasteiger partial charge in [-0.05, 0) is 48.4 Å². The molecule has 1 aromatic heterocycles. The Labute approximate surface area is 182 Å². The average molecular weight is 468 g/mol. The Morgan fingerprint density at radius 1 is 1.27 bits per heavy atom. The van der Waals surface area contributed by atoms with Gasteiger partial charge in [-0.3, -0.25) is 9.59 Å². The van der Waals surface area contributed by atoms with Gasteiger partial charge in [-0.15, -0.1) is 0 Å². The number of nitrogens with zero attached hydrogens (tertiary/aromatic N) is 2. The lowest BCUT2D eigenvalue weighted by molar-refractivity contribution is -0.132. The minimum Gasteiger partial charge on any atom is -0.497 e. The Morgan fingerprint density at radius 3 is 2.67 bits per heavy atom. The van der Waals surface area contributed by atoms with Crippen LogP contribution in [-0.2, 0) is 4.79 Å². The number of aromatic amines is 1. The van der Waals surface area contributed by atoms with Gasteiger partial charge in [0.25, 0.3) is 5.56 Å². The number of hydrogen-bond acceptors (Lipinski definition) is 4. The van der Waals surface area contributed by atoms with Gasteiger partial charge >= 0.3 is 0 Å². The van der Waals surface area contributed by atoms with Gasteiger partial charge in [0.2, 0.25) is 5.91 Å². The number of nitrogens with one attached hydrogen (secondary N) is 1. The highest BCUT2D eigenvalue weighted by Crippen LogP contribution is 2.34. The van der Waals surface area contributed by atoms with Gasteiger partial charge in [0, 0.05) is 28.2 Å². The average Bonchev–Trinajstić information content (AvgIpc) is 3.19. The maximum Gasteiger partial charge on any atom is 0.257 e. The zero-order chi connectivity index (χ0) is 21.4.